The molecule has 0 bridgehead atoms. The molecule has 0 rings (SSSR count). The number of hydrogen-bond donors (Lipinski definition) is 1. The zero-order valence-corrected chi connectivity index (χ0v) is 21.2. The SMILES string of the molecule is CCCCCCCCCCCCCCCCCCN=C(N)N(CCCC)CCCC. The molecule has 30 heavy (non-hydrogen) atoms. The van der Waals surface area contributed by atoms with Gasteiger partial charge in [0.1, 0.15) is 0 Å². The number of nitrogens with zero attached hydrogens (tertiary/aromatic N) is 2. The van der Waals surface area contributed by atoms with Gasteiger partial charge in [-0.15, -0.1) is 0 Å². The molecule has 0 aromatic carbocycles. The van der Waals surface area contributed by atoms with Crippen LogP contribution in [-0.4, -0.2) is 30.5 Å². The lowest BCUT2D eigenvalue weighted by Gasteiger charge is -2.23. The molecule has 3 heteroatoms. The van der Waals surface area contributed by atoms with Gasteiger partial charge >= 0.3 is 0 Å². The minimum Gasteiger partial charge on any atom is -0.370 e. The Morgan fingerprint density at radius 3 is 1.20 bits per heavy atom. The van der Waals surface area contributed by atoms with Crippen LogP contribution < -0.4 is 5.73 Å². The van der Waals surface area contributed by atoms with Crippen molar-refractivity contribution in [3.8, 4) is 0 Å². The molecule has 0 aliphatic heterocycles. The Labute approximate surface area is 190 Å². The fraction of sp³-hybridized carbons (Fsp3) is 0.963. The summed E-state index contributed by atoms with van der Waals surface area (Å²) in [7, 11) is 0. The fourth-order valence-electron chi connectivity index (χ4n) is 3.99. The lowest BCUT2D eigenvalue weighted by Crippen LogP contribution is -2.39. The van der Waals surface area contributed by atoms with E-state index in [1.54, 1.807) is 0 Å². The van der Waals surface area contributed by atoms with Crippen LogP contribution in [0.4, 0.5) is 0 Å². The smallest absolute Gasteiger partial charge is 0.191 e. The first-order valence-corrected chi connectivity index (χ1v) is 13.8. The lowest BCUT2D eigenvalue weighted by atomic mass is 10.0. The molecule has 0 radical (unpaired) electrons. The number of unbranched alkanes of at least 4 members (excludes halogenated alkanes) is 17. The van der Waals surface area contributed by atoms with Crippen molar-refractivity contribution in [2.45, 2.75) is 149 Å². The Balaban J connectivity index is 3.46. The van der Waals surface area contributed by atoms with Crippen LogP contribution in [0.2, 0.25) is 0 Å². The zero-order chi connectivity index (χ0) is 22.1. The van der Waals surface area contributed by atoms with E-state index in [2.05, 4.69) is 30.7 Å². The van der Waals surface area contributed by atoms with Crippen molar-refractivity contribution in [1.82, 2.24) is 4.90 Å². The van der Waals surface area contributed by atoms with Crippen molar-refractivity contribution in [3.63, 3.8) is 0 Å². The third kappa shape index (κ3) is 20.5. The molecule has 3 nitrogen and oxygen atoms in total. The molecule has 0 aromatic heterocycles. The fourth-order valence-corrected chi connectivity index (χ4v) is 3.99. The van der Waals surface area contributed by atoms with Crippen molar-refractivity contribution in [3.05, 3.63) is 0 Å². The molecule has 0 atom stereocenters. The first kappa shape index (κ1) is 29.3. The Hall–Kier alpha value is -0.730. The van der Waals surface area contributed by atoms with Crippen LogP contribution in [0.15, 0.2) is 4.99 Å². The summed E-state index contributed by atoms with van der Waals surface area (Å²) in [6.45, 7) is 9.79. The van der Waals surface area contributed by atoms with Crippen LogP contribution in [0.5, 0.6) is 0 Å². The van der Waals surface area contributed by atoms with Crippen molar-refractivity contribution >= 4 is 5.96 Å². The molecular formula is C27H57N3. The number of nitrogens with two attached hydrogens (primary N) is 1. The molecule has 180 valence electrons. The first-order chi connectivity index (χ1) is 14.8. The number of rotatable bonds is 23. The minimum absolute atomic E-state index is 0.776. The topological polar surface area (TPSA) is 41.6 Å². The summed E-state index contributed by atoms with van der Waals surface area (Å²) in [5.74, 6) is 0.776. The van der Waals surface area contributed by atoms with Gasteiger partial charge in [-0.05, 0) is 19.3 Å². The minimum atomic E-state index is 0.776. The molecule has 0 saturated heterocycles. The summed E-state index contributed by atoms with van der Waals surface area (Å²) in [5, 5.41) is 0. The van der Waals surface area contributed by atoms with Gasteiger partial charge in [0.2, 0.25) is 0 Å². The van der Waals surface area contributed by atoms with Gasteiger partial charge in [-0.2, -0.15) is 0 Å². The van der Waals surface area contributed by atoms with Crippen molar-refractivity contribution in [2.24, 2.45) is 10.7 Å². The van der Waals surface area contributed by atoms with E-state index in [9.17, 15) is 0 Å². The van der Waals surface area contributed by atoms with E-state index in [-0.39, 0.29) is 0 Å². The number of guanidine groups is 1. The summed E-state index contributed by atoms with van der Waals surface area (Å²) in [6, 6.07) is 0. The average Bonchev–Trinajstić information content (AvgIpc) is 2.75. The van der Waals surface area contributed by atoms with Gasteiger partial charge in [-0.1, -0.05) is 130 Å². The van der Waals surface area contributed by atoms with Crippen LogP contribution in [0.25, 0.3) is 0 Å². The maximum atomic E-state index is 6.24. The van der Waals surface area contributed by atoms with Crippen molar-refractivity contribution < 1.29 is 0 Å². The third-order valence-corrected chi connectivity index (χ3v) is 6.17. The van der Waals surface area contributed by atoms with E-state index in [1.807, 2.05) is 0 Å². The first-order valence-electron chi connectivity index (χ1n) is 13.8. The molecule has 0 saturated carbocycles. The summed E-state index contributed by atoms with van der Waals surface area (Å²) in [6.07, 6.45) is 27.4. The predicted octanol–water partition coefficient (Wildman–Crippen LogP) is 8.46. The van der Waals surface area contributed by atoms with Gasteiger partial charge in [0.15, 0.2) is 5.96 Å². The van der Waals surface area contributed by atoms with Gasteiger partial charge in [0.25, 0.3) is 0 Å². The Morgan fingerprint density at radius 2 is 0.833 bits per heavy atom. The molecule has 0 spiro atoms. The quantitative estimate of drug-likeness (QED) is 0.102. The third-order valence-electron chi connectivity index (χ3n) is 6.17. The van der Waals surface area contributed by atoms with E-state index in [0.29, 0.717) is 0 Å². The number of aliphatic imine (C=N–C) groups is 1. The van der Waals surface area contributed by atoms with E-state index in [0.717, 1.165) is 25.6 Å². The van der Waals surface area contributed by atoms with E-state index in [1.165, 1.54) is 128 Å². The molecule has 0 aliphatic rings. The second kappa shape index (κ2) is 24.5. The van der Waals surface area contributed by atoms with Gasteiger partial charge in [-0.3, -0.25) is 4.99 Å². The largest absolute Gasteiger partial charge is 0.370 e. The molecule has 0 heterocycles. The maximum absolute atomic E-state index is 6.24. The number of hydrogen-bond acceptors (Lipinski definition) is 1. The molecule has 0 unspecified atom stereocenters. The zero-order valence-electron chi connectivity index (χ0n) is 21.2. The molecule has 0 aliphatic carbocycles. The predicted molar refractivity (Wildman–Crippen MR) is 137 cm³/mol. The van der Waals surface area contributed by atoms with Crippen LogP contribution in [0.3, 0.4) is 0 Å². The summed E-state index contributed by atoms with van der Waals surface area (Å²) < 4.78 is 0. The Bertz CT molecular complexity index is 346. The Morgan fingerprint density at radius 1 is 0.500 bits per heavy atom. The molecular weight excluding hydrogens is 366 g/mol. The summed E-state index contributed by atoms with van der Waals surface area (Å²) in [4.78, 5) is 6.95. The van der Waals surface area contributed by atoms with E-state index < -0.39 is 0 Å². The van der Waals surface area contributed by atoms with Crippen LogP contribution in [0, 0.1) is 0 Å². The lowest BCUT2D eigenvalue weighted by molar-refractivity contribution is 0.392. The Kier molecular flexibility index (Phi) is 23.9. The van der Waals surface area contributed by atoms with Crippen LogP contribution in [0.1, 0.15) is 149 Å². The van der Waals surface area contributed by atoms with Gasteiger partial charge < -0.3 is 10.6 Å². The van der Waals surface area contributed by atoms with Gasteiger partial charge in [0, 0.05) is 19.6 Å². The summed E-state index contributed by atoms with van der Waals surface area (Å²) in [5.41, 5.74) is 6.24. The molecule has 0 amide bonds. The highest BCUT2D eigenvalue weighted by molar-refractivity contribution is 5.78. The molecule has 0 aromatic rings. The second-order valence-corrected chi connectivity index (χ2v) is 9.24. The van der Waals surface area contributed by atoms with Gasteiger partial charge in [0.05, 0.1) is 0 Å². The van der Waals surface area contributed by atoms with Crippen LogP contribution in [-0.2, 0) is 0 Å². The highest BCUT2D eigenvalue weighted by Crippen LogP contribution is 2.13. The molecule has 2 N–H and O–H groups in total. The van der Waals surface area contributed by atoms with Crippen molar-refractivity contribution in [1.29, 1.82) is 0 Å². The van der Waals surface area contributed by atoms with Crippen LogP contribution >= 0.6 is 0 Å². The van der Waals surface area contributed by atoms with Crippen molar-refractivity contribution in [2.75, 3.05) is 19.6 Å². The van der Waals surface area contributed by atoms with E-state index in [4.69, 9.17) is 5.73 Å². The molecule has 0 fully saturated rings. The van der Waals surface area contributed by atoms with E-state index >= 15 is 0 Å². The average molecular weight is 424 g/mol. The monoisotopic (exact) mass is 423 g/mol. The summed E-state index contributed by atoms with van der Waals surface area (Å²) >= 11 is 0. The highest BCUT2D eigenvalue weighted by atomic mass is 15.2. The maximum Gasteiger partial charge on any atom is 0.191 e. The highest BCUT2D eigenvalue weighted by Gasteiger charge is 2.06. The van der Waals surface area contributed by atoms with Gasteiger partial charge in [-0.25, -0.2) is 0 Å². The normalized spacial score (nSPS) is 11.9. The standard InChI is InChI=1S/C27H57N3/c1-4-7-10-11-12-13-14-15-16-17-18-19-20-21-22-23-24-29-27(28)30(25-8-5-2)26-9-6-3/h4-26H2,1-3H3,(H2,28,29). The second-order valence-electron chi connectivity index (χ2n) is 9.24.